The smallest absolute Gasteiger partial charge is 0.410 e. The van der Waals surface area contributed by atoms with Gasteiger partial charge < -0.3 is 9.64 Å². The third-order valence-corrected chi connectivity index (χ3v) is 5.62. The lowest BCUT2D eigenvalue weighted by molar-refractivity contribution is 0.0852. The summed E-state index contributed by atoms with van der Waals surface area (Å²) >= 11 is 0. The van der Waals surface area contributed by atoms with Gasteiger partial charge >= 0.3 is 6.09 Å². The van der Waals surface area contributed by atoms with Gasteiger partial charge in [-0.1, -0.05) is 54.1 Å². The van der Waals surface area contributed by atoms with E-state index in [1.165, 1.54) is 0 Å². The molecule has 1 fully saturated rings. The quantitative estimate of drug-likeness (QED) is 0.730. The van der Waals surface area contributed by atoms with Gasteiger partial charge in [0.2, 0.25) is 0 Å². The summed E-state index contributed by atoms with van der Waals surface area (Å²) in [7, 11) is 0. The monoisotopic (exact) mass is 375 g/mol. The lowest BCUT2D eigenvalue weighted by atomic mass is 9.93. The van der Waals surface area contributed by atoms with Crippen LogP contribution >= 0.6 is 0 Å². The number of benzene rings is 2. The van der Waals surface area contributed by atoms with E-state index < -0.39 is 0 Å². The summed E-state index contributed by atoms with van der Waals surface area (Å²) < 4.78 is 5.42. The largest absolute Gasteiger partial charge is 0.445 e. The molecule has 144 valence electrons. The van der Waals surface area contributed by atoms with Crippen LogP contribution in [-0.2, 0) is 17.8 Å². The number of ketones is 1. The fraction of sp³-hybridized carbons (Fsp3) is 0.333. The highest BCUT2D eigenvalue weighted by molar-refractivity contribution is 6.13. The Bertz CT molecular complexity index is 909. The molecule has 1 amide bonds. The van der Waals surface area contributed by atoms with Crippen molar-refractivity contribution in [1.29, 1.82) is 0 Å². The molecule has 28 heavy (non-hydrogen) atoms. The molecule has 0 atom stereocenters. The lowest BCUT2D eigenvalue weighted by Crippen LogP contribution is -2.38. The second kappa shape index (κ2) is 8.01. The number of Topliss-reactive ketones (excluding diaryl/α,β-unsaturated/α-hetero) is 1. The van der Waals surface area contributed by atoms with Gasteiger partial charge in [-0.05, 0) is 42.9 Å². The summed E-state index contributed by atoms with van der Waals surface area (Å²) in [5.41, 5.74) is 5.00. The Morgan fingerprint density at radius 1 is 1.14 bits per heavy atom. The van der Waals surface area contributed by atoms with Gasteiger partial charge in [-0.2, -0.15) is 0 Å². The number of hydrogen-bond donors (Lipinski definition) is 0. The van der Waals surface area contributed by atoms with Crippen molar-refractivity contribution in [2.45, 2.75) is 32.8 Å². The van der Waals surface area contributed by atoms with Crippen molar-refractivity contribution in [2.75, 3.05) is 13.1 Å². The maximum absolute atomic E-state index is 12.7. The SMILES string of the molecule is Cc1ccc2c(c1)C(=O)/C(=C/C1CCN(C(=O)OCc3ccccc3)CC1)C2. The molecule has 1 aliphatic heterocycles. The topological polar surface area (TPSA) is 46.6 Å². The third kappa shape index (κ3) is 4.01. The van der Waals surface area contributed by atoms with Crippen molar-refractivity contribution < 1.29 is 14.3 Å². The molecule has 4 nitrogen and oxygen atoms in total. The van der Waals surface area contributed by atoms with Crippen LogP contribution in [0.2, 0.25) is 0 Å². The highest BCUT2D eigenvalue weighted by Gasteiger charge is 2.28. The van der Waals surface area contributed by atoms with E-state index >= 15 is 0 Å². The molecule has 0 unspecified atom stereocenters. The van der Waals surface area contributed by atoms with E-state index in [4.69, 9.17) is 4.74 Å². The van der Waals surface area contributed by atoms with E-state index in [1.807, 2.05) is 43.3 Å². The standard InChI is InChI=1S/C24H25NO3/c1-17-7-8-20-15-21(23(26)22(20)13-17)14-18-9-11-25(12-10-18)24(27)28-16-19-5-3-2-4-6-19/h2-8,13-14,18H,9-12,15-16H2,1H3/b21-14+. The van der Waals surface area contributed by atoms with Crippen LogP contribution in [-0.4, -0.2) is 29.9 Å². The van der Waals surface area contributed by atoms with Crippen molar-refractivity contribution in [1.82, 2.24) is 4.90 Å². The van der Waals surface area contributed by atoms with Crippen LogP contribution < -0.4 is 0 Å². The Morgan fingerprint density at radius 2 is 1.89 bits per heavy atom. The second-order valence-electron chi connectivity index (χ2n) is 7.72. The van der Waals surface area contributed by atoms with Gasteiger partial charge in [0.25, 0.3) is 0 Å². The molecule has 1 heterocycles. The van der Waals surface area contributed by atoms with Gasteiger partial charge in [0.15, 0.2) is 5.78 Å². The second-order valence-corrected chi connectivity index (χ2v) is 7.72. The van der Waals surface area contributed by atoms with E-state index in [9.17, 15) is 9.59 Å². The maximum Gasteiger partial charge on any atom is 0.410 e. The number of nitrogens with zero attached hydrogens (tertiary/aromatic N) is 1. The molecule has 0 aromatic heterocycles. The Labute approximate surface area is 165 Å². The molecular weight excluding hydrogens is 350 g/mol. The average Bonchev–Trinajstić information content (AvgIpc) is 3.02. The minimum atomic E-state index is -0.255. The molecule has 0 radical (unpaired) electrons. The van der Waals surface area contributed by atoms with E-state index in [2.05, 4.69) is 18.2 Å². The summed E-state index contributed by atoms with van der Waals surface area (Å²) in [5.74, 6) is 0.510. The van der Waals surface area contributed by atoms with Crippen LogP contribution in [0, 0.1) is 12.8 Å². The van der Waals surface area contributed by atoms with Gasteiger partial charge in [-0.3, -0.25) is 4.79 Å². The normalized spacial score (nSPS) is 18.4. The van der Waals surface area contributed by atoms with Gasteiger partial charge in [-0.15, -0.1) is 0 Å². The van der Waals surface area contributed by atoms with E-state index in [0.717, 1.165) is 47.1 Å². The van der Waals surface area contributed by atoms with Crippen molar-refractivity contribution in [3.63, 3.8) is 0 Å². The first-order chi connectivity index (χ1) is 13.6. The number of carbonyl (C=O) groups excluding carboxylic acids is 2. The van der Waals surface area contributed by atoms with Crippen LogP contribution in [0.3, 0.4) is 0 Å². The summed E-state index contributed by atoms with van der Waals surface area (Å²) in [4.78, 5) is 26.7. The highest BCUT2D eigenvalue weighted by atomic mass is 16.6. The van der Waals surface area contributed by atoms with Crippen molar-refractivity contribution >= 4 is 11.9 Å². The molecule has 1 saturated heterocycles. The molecule has 2 aliphatic rings. The van der Waals surface area contributed by atoms with Gasteiger partial charge in [0.1, 0.15) is 6.61 Å². The number of aryl methyl sites for hydroxylation is 1. The first kappa shape index (κ1) is 18.5. The third-order valence-electron chi connectivity index (χ3n) is 5.62. The molecule has 0 spiro atoms. The van der Waals surface area contributed by atoms with Crippen molar-refractivity contribution in [2.24, 2.45) is 5.92 Å². The first-order valence-electron chi connectivity index (χ1n) is 9.90. The number of amides is 1. The summed E-state index contributed by atoms with van der Waals surface area (Å²) in [6.45, 7) is 3.66. The number of fused-ring (bicyclic) bond motifs is 1. The number of hydrogen-bond acceptors (Lipinski definition) is 3. The van der Waals surface area contributed by atoms with Crippen molar-refractivity contribution in [3.8, 4) is 0 Å². The Morgan fingerprint density at radius 3 is 2.64 bits per heavy atom. The van der Waals surface area contributed by atoms with Crippen LogP contribution in [0.1, 0.15) is 39.9 Å². The van der Waals surface area contributed by atoms with E-state index in [1.54, 1.807) is 4.90 Å². The Kier molecular flexibility index (Phi) is 5.29. The van der Waals surface area contributed by atoms with Crippen LogP contribution in [0.5, 0.6) is 0 Å². The summed E-state index contributed by atoms with van der Waals surface area (Å²) in [6, 6.07) is 15.8. The zero-order valence-electron chi connectivity index (χ0n) is 16.2. The number of allylic oxidation sites excluding steroid dienone is 2. The van der Waals surface area contributed by atoms with Crippen molar-refractivity contribution in [3.05, 3.63) is 82.4 Å². The van der Waals surface area contributed by atoms with Gasteiger partial charge in [0, 0.05) is 30.6 Å². The Hall–Kier alpha value is -2.88. The molecule has 0 saturated carbocycles. The molecule has 1 aliphatic carbocycles. The number of rotatable bonds is 3. The summed E-state index contributed by atoms with van der Waals surface area (Å²) in [6.07, 6.45) is 4.35. The predicted octanol–water partition coefficient (Wildman–Crippen LogP) is 4.71. The number of likely N-dealkylation sites (tertiary alicyclic amines) is 1. The molecule has 2 aromatic rings. The van der Waals surface area contributed by atoms with Crippen LogP contribution in [0.4, 0.5) is 4.79 Å². The molecule has 4 rings (SSSR count). The van der Waals surface area contributed by atoms with Crippen LogP contribution in [0.25, 0.3) is 0 Å². The maximum atomic E-state index is 12.7. The van der Waals surface area contributed by atoms with E-state index in [-0.39, 0.29) is 11.9 Å². The predicted molar refractivity (Wildman–Crippen MR) is 108 cm³/mol. The first-order valence-corrected chi connectivity index (χ1v) is 9.90. The van der Waals surface area contributed by atoms with Gasteiger partial charge in [-0.25, -0.2) is 4.79 Å². The number of ether oxygens (including phenoxy) is 1. The number of piperidine rings is 1. The molecule has 2 aromatic carbocycles. The van der Waals surface area contributed by atoms with Crippen LogP contribution in [0.15, 0.2) is 60.2 Å². The number of carbonyl (C=O) groups is 2. The Balaban J connectivity index is 1.30. The minimum absolute atomic E-state index is 0.170. The fourth-order valence-corrected chi connectivity index (χ4v) is 3.99. The zero-order chi connectivity index (χ0) is 19.5. The summed E-state index contributed by atoms with van der Waals surface area (Å²) in [5, 5.41) is 0. The highest BCUT2D eigenvalue weighted by Crippen LogP contribution is 2.30. The average molecular weight is 375 g/mol. The molecular formula is C24H25NO3. The zero-order valence-corrected chi connectivity index (χ0v) is 16.2. The minimum Gasteiger partial charge on any atom is -0.445 e. The molecule has 4 heteroatoms. The van der Waals surface area contributed by atoms with E-state index in [0.29, 0.717) is 25.6 Å². The fourth-order valence-electron chi connectivity index (χ4n) is 3.99. The molecule has 0 N–H and O–H groups in total. The molecule has 0 bridgehead atoms. The lowest BCUT2D eigenvalue weighted by Gasteiger charge is -2.30. The van der Waals surface area contributed by atoms with Gasteiger partial charge in [0.05, 0.1) is 0 Å².